The fourth-order valence-electron chi connectivity index (χ4n) is 3.82. The quantitative estimate of drug-likeness (QED) is 0.911. The van der Waals surface area contributed by atoms with Gasteiger partial charge in [0, 0.05) is 26.6 Å². The molecule has 0 saturated carbocycles. The average molecular weight is 357 g/mol. The van der Waals surface area contributed by atoms with Crippen molar-refractivity contribution in [2.45, 2.75) is 46.3 Å². The van der Waals surface area contributed by atoms with Crippen molar-refractivity contribution < 1.29 is 4.74 Å². The summed E-state index contributed by atoms with van der Waals surface area (Å²) in [5.74, 6) is 0.624. The first kappa shape index (κ1) is 18.5. The summed E-state index contributed by atoms with van der Waals surface area (Å²) in [4.78, 5) is 30.1. The summed E-state index contributed by atoms with van der Waals surface area (Å²) >= 11 is 0. The number of rotatable bonds is 3. The zero-order valence-corrected chi connectivity index (χ0v) is 16.1. The molecule has 1 aliphatic rings. The highest BCUT2D eigenvalue weighted by atomic mass is 16.5. The lowest BCUT2D eigenvalue weighted by Gasteiger charge is -2.37. The fraction of sp³-hybridized carbons (Fsp3) is 0.500. The number of aromatic amines is 1. The third-order valence-corrected chi connectivity index (χ3v) is 4.78. The monoisotopic (exact) mass is 357 g/mol. The number of aryl methyl sites for hydroxylation is 2. The predicted octanol–water partition coefficient (Wildman–Crippen LogP) is 1.89. The van der Waals surface area contributed by atoms with Crippen LogP contribution in [-0.2, 0) is 18.2 Å². The van der Waals surface area contributed by atoms with E-state index >= 15 is 0 Å². The maximum absolute atomic E-state index is 12.9. The Morgan fingerprint density at radius 2 is 1.65 bits per heavy atom. The molecule has 0 aliphatic carbocycles. The smallest absolute Gasteiger partial charge is 0.329 e. The van der Waals surface area contributed by atoms with Gasteiger partial charge in [0.2, 0.25) is 0 Å². The summed E-state index contributed by atoms with van der Waals surface area (Å²) in [6.07, 6.45) is 0.572. The molecule has 1 aromatic carbocycles. The minimum atomic E-state index is -0.388. The predicted molar refractivity (Wildman–Crippen MR) is 103 cm³/mol. The lowest BCUT2D eigenvalue weighted by molar-refractivity contribution is -0.00553. The minimum Gasteiger partial charge on any atom is -0.372 e. The molecular weight excluding hydrogens is 330 g/mol. The van der Waals surface area contributed by atoms with Gasteiger partial charge in [-0.05, 0) is 33.3 Å². The normalized spacial score (nSPS) is 20.4. The number of hydrogen-bond donors (Lipinski definition) is 1. The van der Waals surface area contributed by atoms with Gasteiger partial charge in [-0.25, -0.2) is 4.79 Å². The minimum absolute atomic E-state index is 0.0420. The van der Waals surface area contributed by atoms with E-state index < -0.39 is 0 Å². The maximum atomic E-state index is 12.9. The topological polar surface area (TPSA) is 67.3 Å². The Hall–Kier alpha value is -2.34. The van der Waals surface area contributed by atoms with E-state index in [9.17, 15) is 9.59 Å². The largest absolute Gasteiger partial charge is 0.372 e. The molecule has 1 fully saturated rings. The molecule has 140 valence electrons. The number of anilines is 1. The number of nitrogens with zero attached hydrogens (tertiary/aromatic N) is 2. The summed E-state index contributed by atoms with van der Waals surface area (Å²) in [5, 5.41) is 0. The summed E-state index contributed by atoms with van der Waals surface area (Å²) in [5.41, 5.74) is 3.39. The first-order valence-corrected chi connectivity index (χ1v) is 9.04. The Labute approximate surface area is 153 Å². The Morgan fingerprint density at radius 1 is 1.08 bits per heavy atom. The summed E-state index contributed by atoms with van der Waals surface area (Å²) in [7, 11) is 1.51. The molecule has 6 nitrogen and oxygen atoms in total. The van der Waals surface area contributed by atoms with E-state index in [0.717, 1.165) is 21.3 Å². The van der Waals surface area contributed by atoms with Crippen LogP contribution in [0.15, 0.2) is 27.8 Å². The Balaban J connectivity index is 2.09. The van der Waals surface area contributed by atoms with Crippen LogP contribution in [0.1, 0.15) is 36.1 Å². The van der Waals surface area contributed by atoms with Gasteiger partial charge in [0.25, 0.3) is 5.56 Å². The molecule has 2 heterocycles. The van der Waals surface area contributed by atoms with Gasteiger partial charge in [0.1, 0.15) is 5.82 Å². The zero-order chi connectivity index (χ0) is 19.0. The van der Waals surface area contributed by atoms with E-state index in [1.54, 1.807) is 0 Å². The zero-order valence-electron chi connectivity index (χ0n) is 16.1. The van der Waals surface area contributed by atoms with Crippen molar-refractivity contribution in [3.8, 4) is 0 Å². The SMILES string of the molecule is Cc1cc(C)cc(Cc2c(N3CC(C)OC(C)C3)[nH]c(=O)n(C)c2=O)c1. The number of nitrogens with one attached hydrogen (secondary N) is 1. The summed E-state index contributed by atoms with van der Waals surface area (Å²) in [6, 6.07) is 6.29. The van der Waals surface area contributed by atoms with Crippen LogP contribution >= 0.6 is 0 Å². The lowest BCUT2D eigenvalue weighted by Crippen LogP contribution is -2.48. The maximum Gasteiger partial charge on any atom is 0.329 e. The lowest BCUT2D eigenvalue weighted by atomic mass is 10.0. The van der Waals surface area contributed by atoms with Crippen molar-refractivity contribution in [3.05, 3.63) is 61.3 Å². The summed E-state index contributed by atoms with van der Waals surface area (Å²) in [6.45, 7) is 9.40. The molecule has 0 amide bonds. The molecule has 6 heteroatoms. The molecule has 1 N–H and O–H groups in total. The van der Waals surface area contributed by atoms with E-state index in [1.165, 1.54) is 7.05 Å². The van der Waals surface area contributed by atoms with Crippen LogP contribution < -0.4 is 16.1 Å². The van der Waals surface area contributed by atoms with Crippen LogP contribution in [0.3, 0.4) is 0 Å². The van der Waals surface area contributed by atoms with E-state index in [0.29, 0.717) is 30.9 Å². The van der Waals surface area contributed by atoms with Gasteiger partial charge < -0.3 is 9.64 Å². The van der Waals surface area contributed by atoms with Crippen molar-refractivity contribution >= 4 is 5.82 Å². The van der Waals surface area contributed by atoms with Crippen molar-refractivity contribution in [1.82, 2.24) is 9.55 Å². The number of ether oxygens (including phenoxy) is 1. The summed E-state index contributed by atoms with van der Waals surface area (Å²) < 4.78 is 6.94. The highest BCUT2D eigenvalue weighted by molar-refractivity contribution is 5.49. The number of hydrogen-bond acceptors (Lipinski definition) is 4. The molecule has 1 aliphatic heterocycles. The standard InChI is InChI=1S/C20H27N3O3/c1-12-6-13(2)8-16(7-12)9-17-18(21-20(25)22(5)19(17)24)23-10-14(3)26-15(4)11-23/h6-8,14-15H,9-11H2,1-5H3,(H,21,25). The Morgan fingerprint density at radius 3 is 2.23 bits per heavy atom. The third kappa shape index (κ3) is 3.75. The van der Waals surface area contributed by atoms with Crippen molar-refractivity contribution in [2.24, 2.45) is 7.05 Å². The van der Waals surface area contributed by atoms with Crippen molar-refractivity contribution in [1.29, 1.82) is 0 Å². The van der Waals surface area contributed by atoms with Crippen LogP contribution in [0, 0.1) is 13.8 Å². The van der Waals surface area contributed by atoms with E-state index in [-0.39, 0.29) is 23.5 Å². The molecule has 0 radical (unpaired) electrons. The van der Waals surface area contributed by atoms with E-state index in [4.69, 9.17) is 4.74 Å². The van der Waals surface area contributed by atoms with E-state index in [1.807, 2.05) is 27.7 Å². The highest BCUT2D eigenvalue weighted by Crippen LogP contribution is 2.22. The number of morpholine rings is 1. The van der Waals surface area contributed by atoms with Gasteiger partial charge in [-0.1, -0.05) is 29.3 Å². The molecule has 1 aromatic heterocycles. The molecule has 0 bridgehead atoms. The average Bonchev–Trinajstić information content (AvgIpc) is 2.53. The van der Waals surface area contributed by atoms with Gasteiger partial charge in [0.05, 0.1) is 17.8 Å². The number of aromatic nitrogens is 2. The Bertz CT molecular complexity index is 899. The second kappa shape index (κ2) is 7.11. The van der Waals surface area contributed by atoms with Gasteiger partial charge in [-0.15, -0.1) is 0 Å². The first-order valence-electron chi connectivity index (χ1n) is 9.04. The molecule has 2 aromatic rings. The van der Waals surface area contributed by atoms with Gasteiger partial charge in [-0.2, -0.15) is 0 Å². The molecule has 1 saturated heterocycles. The van der Waals surface area contributed by atoms with Crippen molar-refractivity contribution in [3.63, 3.8) is 0 Å². The second-order valence-electron chi connectivity index (χ2n) is 7.46. The van der Waals surface area contributed by atoms with Crippen LogP contribution in [-0.4, -0.2) is 34.8 Å². The van der Waals surface area contributed by atoms with Crippen LogP contribution in [0.4, 0.5) is 5.82 Å². The fourth-order valence-corrected chi connectivity index (χ4v) is 3.82. The molecule has 0 spiro atoms. The molecule has 2 atom stereocenters. The molecule has 2 unspecified atom stereocenters. The van der Waals surface area contributed by atoms with Gasteiger partial charge >= 0.3 is 5.69 Å². The van der Waals surface area contributed by atoms with Crippen LogP contribution in [0.25, 0.3) is 0 Å². The Kier molecular flexibility index (Phi) is 5.05. The molecule has 3 rings (SSSR count). The van der Waals surface area contributed by atoms with Crippen LogP contribution in [0.5, 0.6) is 0 Å². The molecular formula is C20H27N3O3. The second-order valence-corrected chi connectivity index (χ2v) is 7.46. The molecule has 26 heavy (non-hydrogen) atoms. The third-order valence-electron chi connectivity index (χ3n) is 4.78. The van der Waals surface area contributed by atoms with Crippen molar-refractivity contribution in [2.75, 3.05) is 18.0 Å². The van der Waals surface area contributed by atoms with Gasteiger partial charge in [-0.3, -0.25) is 14.3 Å². The van der Waals surface area contributed by atoms with Gasteiger partial charge in [0.15, 0.2) is 0 Å². The number of benzene rings is 1. The number of H-pyrrole nitrogens is 1. The van der Waals surface area contributed by atoms with E-state index in [2.05, 4.69) is 28.1 Å². The highest BCUT2D eigenvalue weighted by Gasteiger charge is 2.26. The van der Waals surface area contributed by atoms with Crippen LogP contribution in [0.2, 0.25) is 0 Å². The first-order chi connectivity index (χ1) is 12.2.